The number of carbonyl (C=O) groups excluding carboxylic acids is 1. The highest BCUT2D eigenvalue weighted by Gasteiger charge is 2.32. The highest BCUT2D eigenvalue weighted by molar-refractivity contribution is 7.80. The minimum Gasteiger partial charge on any atom is -0.463 e. The fourth-order valence-electron chi connectivity index (χ4n) is 2.12. The van der Waals surface area contributed by atoms with E-state index in [1.54, 1.807) is 32.0 Å². The van der Waals surface area contributed by atoms with Crippen LogP contribution in [0.3, 0.4) is 0 Å². The largest absolute Gasteiger partial charge is 0.463 e. The fraction of sp³-hybridized carbons (Fsp3) is 0.286. The van der Waals surface area contributed by atoms with Gasteiger partial charge in [0.25, 0.3) is 0 Å². The van der Waals surface area contributed by atoms with Crippen LogP contribution in [-0.4, -0.2) is 17.7 Å². The van der Waals surface area contributed by atoms with Gasteiger partial charge in [0.15, 0.2) is 5.11 Å². The zero-order valence-electron chi connectivity index (χ0n) is 11.2. The number of esters is 1. The molecular formula is C14H15FN2O2S. The molecule has 1 atom stereocenters. The predicted molar refractivity (Wildman–Crippen MR) is 77.3 cm³/mol. The molecule has 20 heavy (non-hydrogen) atoms. The van der Waals surface area contributed by atoms with E-state index in [1.165, 1.54) is 6.07 Å². The quantitative estimate of drug-likeness (QED) is 0.661. The molecule has 2 rings (SSSR count). The van der Waals surface area contributed by atoms with Crippen molar-refractivity contribution >= 4 is 23.3 Å². The van der Waals surface area contributed by atoms with Crippen molar-refractivity contribution in [3.63, 3.8) is 0 Å². The molecule has 0 saturated heterocycles. The maximum absolute atomic E-state index is 14.0. The summed E-state index contributed by atoms with van der Waals surface area (Å²) in [5.41, 5.74) is 1.27. The third-order valence-corrected chi connectivity index (χ3v) is 3.20. The Labute approximate surface area is 122 Å². The summed E-state index contributed by atoms with van der Waals surface area (Å²) in [5, 5.41) is 6.13. The summed E-state index contributed by atoms with van der Waals surface area (Å²) >= 11 is 5.08. The van der Waals surface area contributed by atoms with Gasteiger partial charge in [-0.15, -0.1) is 0 Å². The molecule has 0 saturated carbocycles. The van der Waals surface area contributed by atoms with Crippen molar-refractivity contribution in [1.29, 1.82) is 0 Å². The lowest BCUT2D eigenvalue weighted by molar-refractivity contribution is -0.139. The van der Waals surface area contributed by atoms with Crippen molar-refractivity contribution in [2.24, 2.45) is 0 Å². The number of hydrogen-bond acceptors (Lipinski definition) is 3. The minimum absolute atomic E-state index is 0.254. The summed E-state index contributed by atoms with van der Waals surface area (Å²) in [7, 11) is 0. The van der Waals surface area contributed by atoms with Crippen molar-refractivity contribution < 1.29 is 13.9 Å². The van der Waals surface area contributed by atoms with Crippen molar-refractivity contribution in [2.75, 3.05) is 6.61 Å². The maximum atomic E-state index is 14.0. The molecular weight excluding hydrogens is 279 g/mol. The molecule has 1 aliphatic heterocycles. The first-order chi connectivity index (χ1) is 9.54. The van der Waals surface area contributed by atoms with Gasteiger partial charge in [0.1, 0.15) is 5.82 Å². The van der Waals surface area contributed by atoms with Crippen LogP contribution in [0.2, 0.25) is 0 Å². The first-order valence-electron chi connectivity index (χ1n) is 6.24. The molecule has 4 nitrogen and oxygen atoms in total. The van der Waals surface area contributed by atoms with Gasteiger partial charge in [-0.05, 0) is 32.1 Å². The van der Waals surface area contributed by atoms with Gasteiger partial charge in [0, 0.05) is 11.3 Å². The Bertz CT molecular complexity index is 586. The summed E-state index contributed by atoms with van der Waals surface area (Å²) in [6.07, 6.45) is 0. The van der Waals surface area contributed by atoms with Gasteiger partial charge in [0.2, 0.25) is 0 Å². The fourth-order valence-corrected chi connectivity index (χ4v) is 2.39. The van der Waals surface area contributed by atoms with Gasteiger partial charge in [-0.3, -0.25) is 0 Å². The molecule has 0 unspecified atom stereocenters. The molecule has 6 heteroatoms. The van der Waals surface area contributed by atoms with Gasteiger partial charge >= 0.3 is 5.97 Å². The number of hydrogen-bond donors (Lipinski definition) is 2. The van der Waals surface area contributed by atoms with E-state index in [2.05, 4.69) is 10.6 Å². The lowest BCUT2D eigenvalue weighted by Gasteiger charge is -2.29. The summed E-state index contributed by atoms with van der Waals surface area (Å²) in [4.78, 5) is 12.1. The molecule has 0 aromatic heterocycles. The van der Waals surface area contributed by atoms with Gasteiger partial charge in [-0.25, -0.2) is 9.18 Å². The molecule has 0 aliphatic carbocycles. The second kappa shape index (κ2) is 6.00. The van der Waals surface area contributed by atoms with Crippen LogP contribution < -0.4 is 10.6 Å². The van der Waals surface area contributed by atoms with E-state index in [-0.39, 0.29) is 6.61 Å². The van der Waals surface area contributed by atoms with Crippen LogP contribution in [0.4, 0.5) is 4.39 Å². The normalized spacial score (nSPS) is 18.4. The Morgan fingerprint density at radius 1 is 1.45 bits per heavy atom. The summed E-state index contributed by atoms with van der Waals surface area (Å²) in [5.74, 6) is -0.884. The number of thiocarbonyl (C=S) groups is 1. The minimum atomic E-state index is -0.649. The monoisotopic (exact) mass is 294 g/mol. The Hall–Kier alpha value is -1.95. The van der Waals surface area contributed by atoms with E-state index in [4.69, 9.17) is 17.0 Å². The third kappa shape index (κ3) is 2.80. The number of nitrogens with one attached hydrogen (secondary N) is 2. The van der Waals surface area contributed by atoms with Crippen molar-refractivity contribution in [3.8, 4) is 0 Å². The molecule has 1 aliphatic rings. The standard InChI is InChI=1S/C14H15FN2O2S/c1-3-19-13(18)11-8(2)16-14(20)17-12(11)9-6-4-5-7-10(9)15/h4-7,12H,3H2,1-2H3,(H2,16,17,20)/t12-/m0/s1. The van der Waals surface area contributed by atoms with Crippen LogP contribution in [0.15, 0.2) is 35.5 Å². The maximum Gasteiger partial charge on any atom is 0.338 e. The molecule has 0 fully saturated rings. The highest BCUT2D eigenvalue weighted by Crippen LogP contribution is 2.29. The van der Waals surface area contributed by atoms with E-state index < -0.39 is 17.8 Å². The second-order valence-corrected chi connectivity index (χ2v) is 4.72. The zero-order chi connectivity index (χ0) is 14.7. The van der Waals surface area contributed by atoms with Crippen LogP contribution in [0.5, 0.6) is 0 Å². The second-order valence-electron chi connectivity index (χ2n) is 4.31. The number of halogens is 1. The first-order valence-corrected chi connectivity index (χ1v) is 6.65. The van der Waals surface area contributed by atoms with E-state index in [1.807, 2.05) is 0 Å². The average Bonchev–Trinajstić information content (AvgIpc) is 2.38. The third-order valence-electron chi connectivity index (χ3n) is 2.98. The molecule has 1 aromatic carbocycles. The molecule has 106 valence electrons. The Kier molecular flexibility index (Phi) is 4.34. The van der Waals surface area contributed by atoms with Gasteiger partial charge < -0.3 is 15.4 Å². The molecule has 0 bridgehead atoms. The molecule has 0 radical (unpaired) electrons. The summed E-state index contributed by atoms with van der Waals surface area (Å²) < 4.78 is 19.0. The average molecular weight is 294 g/mol. The Morgan fingerprint density at radius 3 is 2.80 bits per heavy atom. The molecule has 1 aromatic rings. The number of ether oxygens (including phenoxy) is 1. The van der Waals surface area contributed by atoms with Gasteiger partial charge in [0.05, 0.1) is 18.2 Å². The Morgan fingerprint density at radius 2 is 2.15 bits per heavy atom. The lowest BCUT2D eigenvalue weighted by Crippen LogP contribution is -2.45. The van der Waals surface area contributed by atoms with E-state index >= 15 is 0 Å². The lowest BCUT2D eigenvalue weighted by atomic mass is 9.95. The number of rotatable bonds is 3. The summed E-state index contributed by atoms with van der Waals surface area (Å²) in [6.45, 7) is 3.69. The van der Waals surface area contributed by atoms with E-state index in [0.717, 1.165) is 0 Å². The van der Waals surface area contributed by atoms with E-state index in [9.17, 15) is 9.18 Å². The molecule has 0 amide bonds. The Balaban J connectivity index is 2.48. The SMILES string of the molecule is CCOC(=O)C1=C(C)NC(=S)N[C@H]1c1ccccc1F. The first kappa shape index (κ1) is 14.5. The number of allylic oxidation sites excluding steroid dienone is 1. The van der Waals surface area contributed by atoms with Crippen LogP contribution in [0.1, 0.15) is 25.5 Å². The van der Waals surface area contributed by atoms with Crippen molar-refractivity contribution in [2.45, 2.75) is 19.9 Å². The number of carbonyl (C=O) groups is 1. The molecule has 1 heterocycles. The predicted octanol–water partition coefficient (Wildman–Crippen LogP) is 2.18. The zero-order valence-corrected chi connectivity index (χ0v) is 12.0. The summed E-state index contributed by atoms with van der Waals surface area (Å²) in [6, 6.07) is 5.62. The number of benzene rings is 1. The molecule has 0 spiro atoms. The topological polar surface area (TPSA) is 50.4 Å². The highest BCUT2D eigenvalue weighted by atomic mass is 32.1. The van der Waals surface area contributed by atoms with Gasteiger partial charge in [-0.1, -0.05) is 18.2 Å². The van der Waals surface area contributed by atoms with Crippen LogP contribution in [-0.2, 0) is 9.53 Å². The smallest absolute Gasteiger partial charge is 0.338 e. The van der Waals surface area contributed by atoms with Gasteiger partial charge in [-0.2, -0.15) is 0 Å². The van der Waals surface area contributed by atoms with E-state index in [0.29, 0.717) is 21.9 Å². The van der Waals surface area contributed by atoms with Crippen LogP contribution in [0, 0.1) is 5.82 Å². The van der Waals surface area contributed by atoms with Crippen molar-refractivity contribution in [3.05, 3.63) is 46.9 Å². The van der Waals surface area contributed by atoms with Crippen molar-refractivity contribution in [1.82, 2.24) is 10.6 Å². The van der Waals surface area contributed by atoms with Crippen LogP contribution in [0.25, 0.3) is 0 Å². The molecule has 2 N–H and O–H groups in total. The van der Waals surface area contributed by atoms with Crippen LogP contribution >= 0.6 is 12.2 Å².